The van der Waals surface area contributed by atoms with Crippen LogP contribution in [-0.4, -0.2) is 74.9 Å². The molecule has 0 aliphatic rings. The molecular formula is C88H161NO8P+. The molecule has 0 fully saturated rings. The molecule has 0 spiro atoms. The van der Waals surface area contributed by atoms with Gasteiger partial charge in [-0.3, -0.25) is 18.6 Å². The first-order valence-corrected chi connectivity index (χ1v) is 43.5. The van der Waals surface area contributed by atoms with Gasteiger partial charge in [-0.05, 0) is 96.3 Å². The molecule has 1 N–H and O–H groups in total. The zero-order valence-electron chi connectivity index (χ0n) is 65.3. The van der Waals surface area contributed by atoms with E-state index >= 15 is 0 Å². The minimum absolute atomic E-state index is 0.0323. The predicted octanol–water partition coefficient (Wildman–Crippen LogP) is 28.2. The summed E-state index contributed by atoms with van der Waals surface area (Å²) in [5.41, 5.74) is 0. The van der Waals surface area contributed by atoms with E-state index in [0.29, 0.717) is 23.9 Å². The smallest absolute Gasteiger partial charge is 0.462 e. The quantitative estimate of drug-likeness (QED) is 0.0211. The lowest BCUT2D eigenvalue weighted by atomic mass is 10.0. The highest BCUT2D eigenvalue weighted by molar-refractivity contribution is 7.47. The Morgan fingerprint density at radius 2 is 0.582 bits per heavy atom. The maximum atomic E-state index is 12.9. The predicted molar refractivity (Wildman–Crippen MR) is 427 cm³/mol. The number of carbonyl (C=O) groups is 2. The zero-order chi connectivity index (χ0) is 71.1. The van der Waals surface area contributed by atoms with Gasteiger partial charge in [0.2, 0.25) is 0 Å². The van der Waals surface area contributed by atoms with Gasteiger partial charge in [-0.25, -0.2) is 4.57 Å². The van der Waals surface area contributed by atoms with Crippen molar-refractivity contribution < 1.29 is 42.1 Å². The van der Waals surface area contributed by atoms with Gasteiger partial charge >= 0.3 is 19.8 Å². The highest BCUT2D eigenvalue weighted by atomic mass is 31.2. The fourth-order valence-electron chi connectivity index (χ4n) is 12.2. The van der Waals surface area contributed by atoms with Gasteiger partial charge < -0.3 is 18.9 Å². The number of rotatable bonds is 78. The maximum Gasteiger partial charge on any atom is 0.472 e. The molecule has 98 heavy (non-hydrogen) atoms. The van der Waals surface area contributed by atoms with E-state index in [9.17, 15) is 19.0 Å². The van der Waals surface area contributed by atoms with Crippen LogP contribution in [0.4, 0.5) is 0 Å². The average Bonchev–Trinajstić information content (AvgIpc) is 1.08. The summed E-state index contributed by atoms with van der Waals surface area (Å²) < 4.78 is 34.9. The lowest BCUT2D eigenvalue weighted by Gasteiger charge is -2.24. The minimum Gasteiger partial charge on any atom is -0.462 e. The first-order valence-electron chi connectivity index (χ1n) is 42.0. The molecule has 0 aromatic rings. The van der Waals surface area contributed by atoms with Crippen molar-refractivity contribution in [3.8, 4) is 0 Å². The van der Waals surface area contributed by atoms with E-state index in [0.717, 1.165) is 77.0 Å². The van der Waals surface area contributed by atoms with Crippen molar-refractivity contribution >= 4 is 19.8 Å². The van der Waals surface area contributed by atoms with Crippen molar-refractivity contribution in [3.63, 3.8) is 0 Å². The van der Waals surface area contributed by atoms with Crippen LogP contribution in [0.15, 0.2) is 97.2 Å². The lowest BCUT2D eigenvalue weighted by molar-refractivity contribution is -0.870. The van der Waals surface area contributed by atoms with E-state index in [1.54, 1.807) is 0 Å². The zero-order valence-corrected chi connectivity index (χ0v) is 66.2. The maximum absolute atomic E-state index is 12.9. The van der Waals surface area contributed by atoms with Crippen LogP contribution in [0.25, 0.3) is 0 Å². The average molecular weight is 1390 g/mol. The molecule has 0 rings (SSSR count). The summed E-state index contributed by atoms with van der Waals surface area (Å²) in [6.07, 6.45) is 110. The molecule has 0 aromatic heterocycles. The second kappa shape index (κ2) is 78.1. The van der Waals surface area contributed by atoms with Crippen LogP contribution >= 0.6 is 7.82 Å². The first kappa shape index (κ1) is 94.9. The summed E-state index contributed by atoms with van der Waals surface area (Å²) in [5.74, 6) is -0.777. The van der Waals surface area contributed by atoms with Gasteiger partial charge in [0.1, 0.15) is 19.8 Å². The number of esters is 2. The number of allylic oxidation sites excluding steroid dienone is 16. The van der Waals surface area contributed by atoms with Gasteiger partial charge in [0.05, 0.1) is 27.7 Å². The highest BCUT2D eigenvalue weighted by Crippen LogP contribution is 2.43. The number of phosphoric ester groups is 1. The van der Waals surface area contributed by atoms with Crippen LogP contribution in [0.5, 0.6) is 0 Å². The van der Waals surface area contributed by atoms with Gasteiger partial charge in [0.15, 0.2) is 6.10 Å². The number of phosphoric acid groups is 1. The van der Waals surface area contributed by atoms with Crippen LogP contribution in [0.1, 0.15) is 399 Å². The number of nitrogens with zero attached hydrogens (tertiary/aromatic N) is 1. The number of hydrogen-bond donors (Lipinski definition) is 1. The largest absolute Gasteiger partial charge is 0.472 e. The Morgan fingerprint density at radius 3 is 0.867 bits per heavy atom. The van der Waals surface area contributed by atoms with E-state index in [-0.39, 0.29) is 25.6 Å². The molecule has 10 heteroatoms. The fraction of sp³-hybridized carbons (Fsp3) is 0.795. The lowest BCUT2D eigenvalue weighted by Crippen LogP contribution is -2.37. The normalized spacial score (nSPS) is 13.5. The molecule has 0 aliphatic carbocycles. The van der Waals surface area contributed by atoms with E-state index in [4.69, 9.17) is 18.5 Å². The monoisotopic (exact) mass is 1390 g/mol. The van der Waals surface area contributed by atoms with Crippen LogP contribution in [-0.2, 0) is 32.7 Å². The Hall–Kier alpha value is -3.07. The van der Waals surface area contributed by atoms with Gasteiger partial charge in [-0.2, -0.15) is 0 Å². The summed E-state index contributed by atoms with van der Waals surface area (Å²) in [7, 11) is 1.49. The SMILES string of the molecule is CC/C=C\C/C=C\C/C=C\C/C=C\C/C=C\CCCCCCCCCCCCCCCCCCCCCCCC(=O)OC(COC(=O)CCCCCCCCCCCCCCCCCCCCCCCC/C=C\C/C=C\C/C=C\CCCCCCC)COP(=O)(O)OCC[N+](C)(C)C. The van der Waals surface area contributed by atoms with E-state index in [2.05, 4.69) is 111 Å². The van der Waals surface area contributed by atoms with Crippen molar-refractivity contribution in [2.24, 2.45) is 0 Å². The summed E-state index contributed by atoms with van der Waals surface area (Å²) in [4.78, 5) is 36.0. The summed E-state index contributed by atoms with van der Waals surface area (Å²) in [6, 6.07) is 0. The van der Waals surface area contributed by atoms with E-state index in [1.165, 1.54) is 289 Å². The van der Waals surface area contributed by atoms with Crippen LogP contribution in [0.2, 0.25) is 0 Å². The standard InChI is InChI=1S/C88H160NO8P/c1-6-8-10-12-14-16-18-20-22-24-26-28-30-32-34-36-38-40-42-44-46-48-50-52-54-56-58-60-62-64-66-68-70-72-74-76-78-80-87(90)94-84-86(85-96-98(92,93)95-83-82-89(3,4)5)97-88(91)81-79-77-75-73-71-69-67-65-63-61-59-57-55-53-51-49-47-45-43-41-39-37-35-33-31-29-27-25-23-21-19-17-15-13-11-9-7-2/h9,11,15,17-18,20-21,23-24,26-27,29-30,32-33,35,86H,6-8,10,12-14,16,19,22,25,28,31,34,36-85H2,1-5H3/p+1/b11-9-,17-15-,20-18-,23-21-,26-24-,29-27-,32-30-,35-33-. The number of ether oxygens (including phenoxy) is 2. The molecule has 0 aromatic carbocycles. The van der Waals surface area contributed by atoms with Crippen LogP contribution < -0.4 is 0 Å². The third kappa shape index (κ3) is 81.9. The number of unbranched alkanes of at least 4 members (excludes halogenated alkanes) is 48. The molecule has 9 nitrogen and oxygen atoms in total. The first-order chi connectivity index (χ1) is 48.0. The van der Waals surface area contributed by atoms with Crippen molar-refractivity contribution in [1.82, 2.24) is 0 Å². The number of likely N-dealkylation sites (N-methyl/N-ethyl adjacent to an activating group) is 1. The molecule has 0 saturated carbocycles. The molecule has 0 radical (unpaired) electrons. The Labute approximate surface area is 608 Å². The topological polar surface area (TPSA) is 108 Å². The van der Waals surface area contributed by atoms with Gasteiger partial charge in [0, 0.05) is 12.8 Å². The van der Waals surface area contributed by atoms with E-state index < -0.39 is 26.5 Å². The van der Waals surface area contributed by atoms with Crippen LogP contribution in [0, 0.1) is 0 Å². The van der Waals surface area contributed by atoms with Gasteiger partial charge in [0.25, 0.3) is 0 Å². The Morgan fingerprint density at radius 1 is 0.327 bits per heavy atom. The molecule has 2 unspecified atom stereocenters. The Kier molecular flexibility index (Phi) is 75.6. The second-order valence-corrected chi connectivity index (χ2v) is 30.9. The number of quaternary nitrogens is 1. The third-order valence-corrected chi connectivity index (χ3v) is 19.6. The second-order valence-electron chi connectivity index (χ2n) is 29.5. The fourth-order valence-corrected chi connectivity index (χ4v) is 13.0. The Bertz CT molecular complexity index is 1980. The van der Waals surface area contributed by atoms with Crippen molar-refractivity contribution in [1.29, 1.82) is 0 Å². The van der Waals surface area contributed by atoms with Crippen molar-refractivity contribution in [2.75, 3.05) is 47.5 Å². The minimum atomic E-state index is -4.40. The molecule has 0 aliphatic heterocycles. The molecule has 2 atom stereocenters. The third-order valence-electron chi connectivity index (χ3n) is 18.6. The summed E-state index contributed by atoms with van der Waals surface area (Å²) >= 11 is 0. The molecule has 0 heterocycles. The molecule has 0 bridgehead atoms. The van der Waals surface area contributed by atoms with Gasteiger partial charge in [-0.1, -0.05) is 387 Å². The number of carbonyl (C=O) groups excluding carboxylic acids is 2. The molecule has 0 saturated heterocycles. The van der Waals surface area contributed by atoms with E-state index in [1.807, 2.05) is 21.1 Å². The van der Waals surface area contributed by atoms with Gasteiger partial charge in [-0.15, -0.1) is 0 Å². The summed E-state index contributed by atoms with van der Waals surface area (Å²) in [5, 5.41) is 0. The molecule has 0 amide bonds. The number of hydrogen-bond acceptors (Lipinski definition) is 7. The Balaban J connectivity index is 3.91. The molecular weight excluding hydrogens is 1230 g/mol. The molecule has 570 valence electrons. The highest BCUT2D eigenvalue weighted by Gasteiger charge is 2.27. The summed E-state index contributed by atoms with van der Waals surface area (Å²) in [6.45, 7) is 4.37. The van der Waals surface area contributed by atoms with Crippen molar-refractivity contribution in [3.05, 3.63) is 97.2 Å². The van der Waals surface area contributed by atoms with Crippen LogP contribution in [0.3, 0.4) is 0 Å². The van der Waals surface area contributed by atoms with Crippen molar-refractivity contribution in [2.45, 2.75) is 405 Å².